The van der Waals surface area contributed by atoms with Crippen molar-refractivity contribution in [2.24, 2.45) is 23.7 Å². The van der Waals surface area contributed by atoms with Crippen molar-refractivity contribution >= 4 is 27.9 Å². The number of hydrogen-bond donors (Lipinski definition) is 3. The number of hydrogen-bond acceptors (Lipinski definition) is 5. The Hall–Kier alpha value is -1.43. The molecule has 4 rings (SSSR count). The van der Waals surface area contributed by atoms with Crippen molar-refractivity contribution in [3.8, 4) is 5.75 Å². The van der Waals surface area contributed by atoms with Crippen molar-refractivity contribution in [1.29, 1.82) is 0 Å². The van der Waals surface area contributed by atoms with Gasteiger partial charge in [-0.25, -0.2) is 0 Å². The first kappa shape index (κ1) is 13.2. The van der Waals surface area contributed by atoms with E-state index >= 15 is 0 Å². The average molecular weight is 307 g/mol. The van der Waals surface area contributed by atoms with Crippen LogP contribution in [0.2, 0.25) is 0 Å². The van der Waals surface area contributed by atoms with E-state index in [4.69, 9.17) is 10.5 Å². The zero-order valence-corrected chi connectivity index (χ0v) is 13.1. The fourth-order valence-corrected chi connectivity index (χ4v) is 5.76. The van der Waals surface area contributed by atoms with Crippen LogP contribution in [0.25, 0.3) is 0 Å². The molecule has 1 heterocycles. The van der Waals surface area contributed by atoms with Gasteiger partial charge in [-0.15, -0.1) is 11.3 Å². The summed E-state index contributed by atoms with van der Waals surface area (Å²) in [5, 5.41) is 7.15. The Balaban J connectivity index is 1.57. The summed E-state index contributed by atoms with van der Waals surface area (Å²) in [5.41, 5.74) is 6.50. The molecule has 3 aliphatic rings. The van der Waals surface area contributed by atoms with Gasteiger partial charge in [0, 0.05) is 13.1 Å². The Bertz CT molecular complexity index is 584. The van der Waals surface area contributed by atoms with Gasteiger partial charge in [-0.2, -0.15) is 0 Å². The summed E-state index contributed by atoms with van der Waals surface area (Å²) in [4.78, 5) is 12.4. The normalized spacial score (nSPS) is 35.4. The Morgan fingerprint density at radius 3 is 2.57 bits per heavy atom. The van der Waals surface area contributed by atoms with Gasteiger partial charge < -0.3 is 21.1 Å². The smallest absolute Gasteiger partial charge is 0.263 e. The molecule has 4 unspecified atom stereocenters. The summed E-state index contributed by atoms with van der Waals surface area (Å²) < 4.78 is 5.41. The van der Waals surface area contributed by atoms with Crippen LogP contribution in [0.5, 0.6) is 5.75 Å². The summed E-state index contributed by atoms with van der Waals surface area (Å²) in [6.45, 7) is 0. The molecule has 0 radical (unpaired) electrons. The number of fused-ring (bicyclic) bond motifs is 5. The summed E-state index contributed by atoms with van der Waals surface area (Å²) in [7, 11) is 3.22. The van der Waals surface area contributed by atoms with Crippen LogP contribution in [0.1, 0.15) is 28.9 Å². The van der Waals surface area contributed by atoms with Crippen LogP contribution >= 0.6 is 11.3 Å². The van der Waals surface area contributed by atoms with Gasteiger partial charge in [0.25, 0.3) is 5.91 Å². The van der Waals surface area contributed by atoms with Crippen LogP contribution in [-0.2, 0) is 0 Å². The molecule has 0 saturated heterocycles. The highest BCUT2D eigenvalue weighted by Gasteiger charge is 2.65. The minimum atomic E-state index is -0.153. The van der Waals surface area contributed by atoms with E-state index in [-0.39, 0.29) is 5.91 Å². The highest BCUT2D eigenvalue weighted by atomic mass is 32.1. The maximum Gasteiger partial charge on any atom is 0.263 e. The van der Waals surface area contributed by atoms with Gasteiger partial charge in [-0.3, -0.25) is 4.79 Å². The van der Waals surface area contributed by atoms with Crippen molar-refractivity contribution in [1.82, 2.24) is 5.32 Å². The van der Waals surface area contributed by atoms with Crippen molar-refractivity contribution in [2.45, 2.75) is 25.3 Å². The molecular formula is C15H21N3O2S. The third-order valence-corrected chi connectivity index (χ3v) is 6.69. The van der Waals surface area contributed by atoms with E-state index in [9.17, 15) is 4.79 Å². The number of methoxy groups -OCH3 is 1. The zero-order valence-electron chi connectivity index (χ0n) is 12.3. The van der Waals surface area contributed by atoms with Crippen LogP contribution < -0.4 is 21.1 Å². The largest absolute Gasteiger partial charge is 0.492 e. The number of thiophene rings is 1. The second-order valence-corrected chi connectivity index (χ2v) is 7.47. The fourth-order valence-electron chi connectivity index (χ4n) is 4.68. The van der Waals surface area contributed by atoms with Crippen LogP contribution in [0, 0.1) is 23.7 Å². The highest BCUT2D eigenvalue weighted by molar-refractivity contribution is 7.19. The van der Waals surface area contributed by atoms with Gasteiger partial charge in [-0.1, -0.05) is 0 Å². The third kappa shape index (κ3) is 1.78. The van der Waals surface area contributed by atoms with Crippen LogP contribution in [-0.4, -0.2) is 26.1 Å². The summed E-state index contributed by atoms with van der Waals surface area (Å²) in [6.07, 6.45) is 4.23. The average Bonchev–Trinajstić information content (AvgIpc) is 2.82. The molecule has 6 heteroatoms. The number of ether oxygens (including phenoxy) is 1. The Morgan fingerprint density at radius 2 is 2.00 bits per heavy atom. The van der Waals surface area contributed by atoms with E-state index in [1.54, 1.807) is 14.2 Å². The molecule has 5 nitrogen and oxygen atoms in total. The standard InChI is InChI=1S/C15H21N3O2S/c1-17-14(19)13-10(16)12(20-2)15(21-13)18-11-8-6-3-4-7(5-6)9(8)11/h6-9,11,18H,3-5,16H2,1-2H3,(H,17,19). The van der Waals surface area contributed by atoms with Crippen LogP contribution in [0.3, 0.4) is 0 Å². The number of carbonyl (C=O) groups is 1. The quantitative estimate of drug-likeness (QED) is 0.796. The predicted octanol–water partition coefficient (Wildman–Crippen LogP) is 2.15. The molecule has 114 valence electrons. The van der Waals surface area contributed by atoms with Crippen molar-refractivity contribution in [3.05, 3.63) is 4.88 Å². The molecule has 3 saturated carbocycles. The third-order valence-electron chi connectivity index (χ3n) is 5.57. The second-order valence-electron chi connectivity index (χ2n) is 6.44. The first-order chi connectivity index (χ1) is 10.2. The fraction of sp³-hybridized carbons (Fsp3) is 0.667. The maximum atomic E-state index is 11.9. The Labute approximate surface area is 128 Å². The molecule has 4 N–H and O–H groups in total. The lowest BCUT2D eigenvalue weighted by molar-refractivity contribution is 0.0967. The lowest BCUT2D eigenvalue weighted by Crippen LogP contribution is -2.17. The second kappa shape index (κ2) is 4.53. The van der Waals surface area contributed by atoms with Gasteiger partial charge >= 0.3 is 0 Å². The Kier molecular flexibility index (Phi) is 2.86. The number of nitrogens with two attached hydrogens (primary N) is 1. The minimum Gasteiger partial charge on any atom is -0.492 e. The molecule has 0 aliphatic heterocycles. The highest BCUT2D eigenvalue weighted by Crippen LogP contribution is 2.66. The number of rotatable bonds is 4. The van der Waals surface area contributed by atoms with E-state index in [0.717, 1.165) is 28.7 Å². The molecule has 4 atom stereocenters. The van der Waals surface area contributed by atoms with Gasteiger partial charge in [0.2, 0.25) is 0 Å². The zero-order chi connectivity index (χ0) is 14.7. The number of anilines is 2. The van der Waals surface area contributed by atoms with E-state index in [2.05, 4.69) is 10.6 Å². The molecular weight excluding hydrogens is 286 g/mol. The topological polar surface area (TPSA) is 76.4 Å². The summed E-state index contributed by atoms with van der Waals surface area (Å²) in [5.74, 6) is 3.97. The van der Waals surface area contributed by atoms with Crippen molar-refractivity contribution in [3.63, 3.8) is 0 Å². The minimum absolute atomic E-state index is 0.153. The molecule has 3 fully saturated rings. The molecule has 3 aliphatic carbocycles. The van der Waals surface area contributed by atoms with Gasteiger partial charge in [0.05, 0.1) is 7.11 Å². The molecule has 21 heavy (non-hydrogen) atoms. The van der Waals surface area contributed by atoms with Crippen molar-refractivity contribution < 1.29 is 9.53 Å². The van der Waals surface area contributed by atoms with Crippen molar-refractivity contribution in [2.75, 3.05) is 25.2 Å². The monoisotopic (exact) mass is 307 g/mol. The maximum absolute atomic E-state index is 11.9. The number of amides is 1. The van der Waals surface area contributed by atoms with Crippen LogP contribution in [0.4, 0.5) is 10.7 Å². The van der Waals surface area contributed by atoms with E-state index in [1.807, 2.05) is 0 Å². The molecule has 1 aromatic rings. The lowest BCUT2D eigenvalue weighted by atomic mass is 10.0. The van der Waals surface area contributed by atoms with E-state index < -0.39 is 0 Å². The number of nitrogen functional groups attached to an aromatic ring is 1. The SMILES string of the molecule is CNC(=O)c1sc(NC2C3C4CCC(C4)C23)c(OC)c1N. The lowest BCUT2D eigenvalue weighted by Gasteiger charge is -2.11. The molecule has 1 amide bonds. The first-order valence-corrected chi connectivity index (χ1v) is 8.42. The van der Waals surface area contributed by atoms with E-state index in [0.29, 0.717) is 22.4 Å². The first-order valence-electron chi connectivity index (χ1n) is 7.60. The van der Waals surface area contributed by atoms with E-state index in [1.165, 1.54) is 30.6 Å². The van der Waals surface area contributed by atoms with Gasteiger partial charge in [0.15, 0.2) is 5.75 Å². The molecule has 0 aromatic carbocycles. The Morgan fingerprint density at radius 1 is 1.33 bits per heavy atom. The van der Waals surface area contributed by atoms with Gasteiger partial charge in [-0.05, 0) is 42.9 Å². The summed E-state index contributed by atoms with van der Waals surface area (Å²) in [6, 6.07) is 0.556. The van der Waals surface area contributed by atoms with Crippen LogP contribution in [0.15, 0.2) is 0 Å². The number of nitrogens with one attached hydrogen (secondary N) is 2. The molecule has 1 aromatic heterocycles. The predicted molar refractivity (Wildman–Crippen MR) is 83.9 cm³/mol. The van der Waals surface area contributed by atoms with Gasteiger partial charge in [0.1, 0.15) is 15.6 Å². The number of carbonyl (C=O) groups excluding carboxylic acids is 1. The summed E-state index contributed by atoms with van der Waals surface area (Å²) >= 11 is 1.40. The molecule has 2 bridgehead atoms. The molecule has 0 spiro atoms.